The van der Waals surface area contributed by atoms with Crippen LogP contribution < -0.4 is 26.8 Å². The number of aryl methyl sites for hydroxylation is 1. The lowest BCUT2D eigenvalue weighted by Crippen LogP contribution is -2.67. The number of aromatic amines is 1. The van der Waals surface area contributed by atoms with Crippen molar-refractivity contribution in [2.45, 2.75) is 90.0 Å². The van der Waals surface area contributed by atoms with E-state index in [1.54, 1.807) is 44.2 Å². The summed E-state index contributed by atoms with van der Waals surface area (Å²) in [6.45, 7) is 7.23. The smallest absolute Gasteiger partial charge is 0.358 e. The van der Waals surface area contributed by atoms with E-state index in [-0.39, 0.29) is 48.1 Å². The highest BCUT2D eigenvalue weighted by Crippen LogP contribution is 2.40. The highest BCUT2D eigenvalue weighted by molar-refractivity contribution is 5.99. The van der Waals surface area contributed by atoms with E-state index in [1.165, 1.54) is 30.3 Å². The predicted octanol–water partition coefficient (Wildman–Crippen LogP) is 6.12. The average molecular weight is 751 g/mol. The maximum absolute atomic E-state index is 14.7. The van der Waals surface area contributed by atoms with Gasteiger partial charge in [-0.05, 0) is 60.1 Å². The molecule has 14 heteroatoms. The van der Waals surface area contributed by atoms with Gasteiger partial charge in [0.05, 0.1) is 23.2 Å². The number of hydrogen-bond donors (Lipinski definition) is 6. The van der Waals surface area contributed by atoms with Crippen LogP contribution in [0.2, 0.25) is 0 Å². The molecule has 0 bridgehead atoms. The lowest BCUT2D eigenvalue weighted by Gasteiger charge is -2.39. The molecule has 0 spiro atoms. The zero-order chi connectivity index (χ0) is 39.2. The van der Waals surface area contributed by atoms with E-state index in [1.807, 2.05) is 19.9 Å². The largest absolute Gasteiger partial charge is 0.418 e. The second kappa shape index (κ2) is 16.7. The number of alkyl halides is 3. The van der Waals surface area contributed by atoms with Gasteiger partial charge in [-0.15, -0.1) is 0 Å². The number of fused-ring (bicyclic) bond motifs is 3. The molecular formula is C40H46F4N6O4. The van der Waals surface area contributed by atoms with E-state index < -0.39 is 64.7 Å². The van der Waals surface area contributed by atoms with Crippen molar-refractivity contribution in [2.24, 2.45) is 11.8 Å². The maximum Gasteiger partial charge on any atom is 0.418 e. The molecule has 1 aliphatic rings. The molecule has 1 aliphatic carbocycles. The molecule has 0 fully saturated rings. The number of nitrogens with one attached hydrogen (secondary N) is 6. The molecule has 0 saturated carbocycles. The molecule has 288 valence electrons. The molecule has 0 saturated heterocycles. The van der Waals surface area contributed by atoms with Crippen molar-refractivity contribution in [1.29, 1.82) is 0 Å². The summed E-state index contributed by atoms with van der Waals surface area (Å²) in [5.74, 6) is -3.93. The minimum absolute atomic E-state index is 0.0285. The van der Waals surface area contributed by atoms with Crippen molar-refractivity contribution in [3.8, 4) is 0 Å². The van der Waals surface area contributed by atoms with E-state index in [4.69, 9.17) is 0 Å². The van der Waals surface area contributed by atoms with Gasteiger partial charge in [-0.3, -0.25) is 30.0 Å². The molecule has 4 aromatic rings. The second-order valence-electron chi connectivity index (χ2n) is 14.1. The zero-order valence-corrected chi connectivity index (χ0v) is 30.6. The van der Waals surface area contributed by atoms with Crippen LogP contribution in [0, 0.1) is 17.7 Å². The molecule has 5 rings (SSSR count). The minimum Gasteiger partial charge on any atom is -0.358 e. The minimum atomic E-state index is -4.65. The van der Waals surface area contributed by atoms with Crippen molar-refractivity contribution < 1.29 is 36.7 Å². The molecule has 3 aromatic carbocycles. The molecular weight excluding hydrogens is 704 g/mol. The van der Waals surface area contributed by atoms with Crippen LogP contribution in [0.4, 0.5) is 23.2 Å². The molecule has 0 radical (unpaired) electrons. The quantitative estimate of drug-likeness (QED) is 0.0681. The van der Waals surface area contributed by atoms with Crippen LogP contribution in [0.1, 0.15) is 69.3 Å². The Morgan fingerprint density at radius 2 is 1.48 bits per heavy atom. The monoisotopic (exact) mass is 750 g/mol. The Bertz CT molecular complexity index is 1980. The number of rotatable bonds is 14. The molecule has 5 atom stereocenters. The third-order valence-electron chi connectivity index (χ3n) is 10.4. The first-order valence-electron chi connectivity index (χ1n) is 18.1. The van der Waals surface area contributed by atoms with Crippen molar-refractivity contribution in [2.75, 3.05) is 5.43 Å². The summed E-state index contributed by atoms with van der Waals surface area (Å²) in [6, 6.07) is 16.2. The molecule has 54 heavy (non-hydrogen) atoms. The number of carbonyl (C=O) groups excluding carboxylic acids is 4. The van der Waals surface area contributed by atoms with Gasteiger partial charge in [0.1, 0.15) is 23.4 Å². The number of aromatic nitrogens is 1. The van der Waals surface area contributed by atoms with E-state index in [9.17, 15) is 36.7 Å². The second-order valence-corrected chi connectivity index (χ2v) is 14.1. The number of halogens is 4. The van der Waals surface area contributed by atoms with Crippen molar-refractivity contribution in [3.63, 3.8) is 0 Å². The molecule has 2 unspecified atom stereocenters. The Labute approximate surface area is 311 Å². The van der Waals surface area contributed by atoms with Crippen LogP contribution in [0.5, 0.6) is 0 Å². The van der Waals surface area contributed by atoms with E-state index >= 15 is 0 Å². The number of benzene rings is 3. The maximum atomic E-state index is 14.7. The summed E-state index contributed by atoms with van der Waals surface area (Å²) >= 11 is 0. The Hall–Kier alpha value is -5.40. The van der Waals surface area contributed by atoms with E-state index in [0.29, 0.717) is 29.8 Å². The van der Waals surface area contributed by atoms with Gasteiger partial charge in [-0.2, -0.15) is 13.2 Å². The first kappa shape index (κ1) is 39.8. The fraction of sp³-hybridized carbons (Fsp3) is 0.400. The van der Waals surface area contributed by atoms with E-state index in [2.05, 4.69) is 31.8 Å². The van der Waals surface area contributed by atoms with Gasteiger partial charge in [0, 0.05) is 17.5 Å². The summed E-state index contributed by atoms with van der Waals surface area (Å²) in [4.78, 5) is 58.7. The highest BCUT2D eigenvalue weighted by Gasteiger charge is 2.47. The van der Waals surface area contributed by atoms with Crippen LogP contribution in [0.25, 0.3) is 10.9 Å². The number of hydrazine groups is 1. The van der Waals surface area contributed by atoms with Gasteiger partial charge in [0.2, 0.25) is 17.7 Å². The fourth-order valence-electron chi connectivity index (χ4n) is 6.83. The van der Waals surface area contributed by atoms with Crippen LogP contribution >= 0.6 is 0 Å². The molecule has 1 aromatic heterocycles. The van der Waals surface area contributed by atoms with E-state index in [0.717, 1.165) is 6.07 Å². The van der Waals surface area contributed by atoms with Gasteiger partial charge in [-0.25, -0.2) is 4.39 Å². The third-order valence-corrected chi connectivity index (χ3v) is 10.4. The SMILES string of the molecule is CCC(C)[C@H](NC(=O)Cc1ccccc1F)C(=O)N[C@]1(C(=O)NC(C(=O)NNc2ccccc2)[C@@H](C)CC)CCc2[nH]c3c(C(F)(F)F)cccc3c2C1. The van der Waals surface area contributed by atoms with Gasteiger partial charge < -0.3 is 20.9 Å². The third kappa shape index (κ3) is 8.86. The first-order valence-corrected chi connectivity index (χ1v) is 18.1. The average Bonchev–Trinajstić information content (AvgIpc) is 3.52. The lowest BCUT2D eigenvalue weighted by atomic mass is 9.78. The molecule has 4 amide bonds. The van der Waals surface area contributed by atoms with Crippen LogP contribution in [-0.4, -0.2) is 46.2 Å². The number of carbonyl (C=O) groups is 4. The summed E-state index contributed by atoms with van der Waals surface area (Å²) < 4.78 is 56.6. The molecule has 1 heterocycles. The van der Waals surface area contributed by atoms with Crippen LogP contribution in [0.3, 0.4) is 0 Å². The number of hydrogen-bond acceptors (Lipinski definition) is 5. The van der Waals surface area contributed by atoms with Gasteiger partial charge >= 0.3 is 6.18 Å². The van der Waals surface area contributed by atoms with Crippen LogP contribution in [0.15, 0.2) is 72.8 Å². The zero-order valence-electron chi connectivity index (χ0n) is 30.6. The fourth-order valence-corrected chi connectivity index (χ4v) is 6.83. The Balaban J connectivity index is 1.49. The number of H-pyrrole nitrogens is 1. The van der Waals surface area contributed by atoms with Gasteiger partial charge in [-0.1, -0.05) is 89.1 Å². The standard InChI is InChI=1S/C40H46F4N6O4/c1-5-23(3)33(46-32(51)21-25-13-10-11-18-30(25)41)36(52)48-39(20-19-31-28(22-39)27-16-12-17-29(35(27)45-31)40(42,43)44)38(54)47-34(24(4)6-2)37(53)50-49-26-14-8-7-9-15-26/h7-18,23-24,33-34,45,49H,5-6,19-22H2,1-4H3,(H,46,51)(H,47,54)(H,48,52)(H,50,53)/t23?,24-,33-,34?,39+/m0/s1. The Morgan fingerprint density at radius 1 is 0.833 bits per heavy atom. The lowest BCUT2D eigenvalue weighted by molar-refractivity contribution is -0.139. The van der Waals surface area contributed by atoms with Crippen molar-refractivity contribution in [1.82, 2.24) is 26.4 Å². The summed E-state index contributed by atoms with van der Waals surface area (Å²) in [5.41, 5.74) is 4.43. The number of anilines is 1. The number of amides is 4. The van der Waals surface area contributed by atoms with Crippen molar-refractivity contribution >= 4 is 40.2 Å². The van der Waals surface area contributed by atoms with Gasteiger partial charge in [0.15, 0.2) is 0 Å². The summed E-state index contributed by atoms with van der Waals surface area (Å²) in [6.07, 6.45) is -4.16. The summed E-state index contributed by atoms with van der Waals surface area (Å²) in [5, 5.41) is 8.75. The normalized spacial score (nSPS) is 17.7. The first-order chi connectivity index (χ1) is 25.7. The molecule has 10 nitrogen and oxygen atoms in total. The van der Waals surface area contributed by atoms with Gasteiger partial charge in [0.25, 0.3) is 5.91 Å². The highest BCUT2D eigenvalue weighted by atomic mass is 19.4. The Kier molecular flexibility index (Phi) is 12.3. The van der Waals surface area contributed by atoms with Crippen LogP contribution in [-0.2, 0) is 44.6 Å². The summed E-state index contributed by atoms with van der Waals surface area (Å²) in [7, 11) is 0. The predicted molar refractivity (Wildman–Crippen MR) is 197 cm³/mol. The van der Waals surface area contributed by atoms with Crippen molar-refractivity contribution in [3.05, 3.63) is 101 Å². The molecule has 6 N–H and O–H groups in total. The Morgan fingerprint density at radius 3 is 2.13 bits per heavy atom. The number of para-hydroxylation sites is 2. The molecule has 0 aliphatic heterocycles. The topological polar surface area (TPSA) is 144 Å².